The Morgan fingerprint density at radius 1 is 1.62 bits per heavy atom. The van der Waals surface area contributed by atoms with Crippen molar-refractivity contribution in [1.82, 2.24) is 4.98 Å². The Bertz CT molecular complexity index is 340. The van der Waals surface area contributed by atoms with E-state index >= 15 is 0 Å². The van der Waals surface area contributed by atoms with Crippen molar-refractivity contribution in [2.45, 2.75) is 33.2 Å². The molecule has 0 amide bonds. The molecule has 1 aromatic rings. The highest BCUT2D eigenvalue weighted by Gasteiger charge is 2.11. The van der Waals surface area contributed by atoms with E-state index in [0.29, 0.717) is 0 Å². The highest BCUT2D eigenvalue weighted by atomic mass is 32.2. The van der Waals surface area contributed by atoms with E-state index in [9.17, 15) is 0 Å². The second-order valence-corrected chi connectivity index (χ2v) is 5.26. The van der Waals surface area contributed by atoms with Gasteiger partial charge in [-0.15, -0.1) is 0 Å². The molecule has 1 N–H and O–H groups in total. The lowest BCUT2D eigenvalue weighted by Gasteiger charge is -2.02. The van der Waals surface area contributed by atoms with Crippen molar-refractivity contribution >= 4 is 11.8 Å². The number of aromatic amines is 1. The largest absolute Gasteiger partial charge is 0.255 e. The monoisotopic (exact) mass is 238 g/mol. The van der Waals surface area contributed by atoms with Crippen LogP contribution in [0.2, 0.25) is 0 Å². The quantitative estimate of drug-likeness (QED) is 0.584. The van der Waals surface area contributed by atoms with Crippen molar-refractivity contribution in [3.63, 3.8) is 0 Å². The molecule has 1 unspecified atom stereocenters. The van der Waals surface area contributed by atoms with Crippen molar-refractivity contribution in [3.8, 4) is 6.07 Å². The molecule has 0 aliphatic carbocycles. The summed E-state index contributed by atoms with van der Waals surface area (Å²) in [4.78, 5) is 3.27. The smallest absolute Gasteiger partial charge is 0.248 e. The topological polar surface area (TPSA) is 43.5 Å². The van der Waals surface area contributed by atoms with Crippen LogP contribution in [-0.4, -0.2) is 16.5 Å². The van der Waals surface area contributed by atoms with Gasteiger partial charge in [0.15, 0.2) is 0 Å². The summed E-state index contributed by atoms with van der Waals surface area (Å²) in [5.74, 6) is 3.74. The van der Waals surface area contributed by atoms with E-state index in [1.54, 1.807) is 0 Å². The van der Waals surface area contributed by atoms with Crippen LogP contribution in [0.3, 0.4) is 0 Å². The van der Waals surface area contributed by atoms with Crippen molar-refractivity contribution in [2.75, 3.05) is 11.5 Å². The molecule has 0 spiro atoms. The molecular formula is C12H20N3S+. The van der Waals surface area contributed by atoms with E-state index in [-0.39, 0.29) is 5.92 Å². The number of aromatic nitrogens is 2. The zero-order valence-corrected chi connectivity index (χ0v) is 10.9. The van der Waals surface area contributed by atoms with Crippen LogP contribution < -0.4 is 4.57 Å². The van der Waals surface area contributed by atoms with Crippen molar-refractivity contribution < 1.29 is 4.57 Å². The Morgan fingerprint density at radius 3 is 3.12 bits per heavy atom. The van der Waals surface area contributed by atoms with E-state index in [1.165, 1.54) is 11.6 Å². The summed E-state index contributed by atoms with van der Waals surface area (Å²) < 4.78 is 2.23. The molecule has 0 aliphatic heterocycles. The second kappa shape index (κ2) is 7.34. The molecule has 16 heavy (non-hydrogen) atoms. The van der Waals surface area contributed by atoms with Crippen LogP contribution in [0.25, 0.3) is 0 Å². The number of nitrogens with zero attached hydrogens (tertiary/aromatic N) is 2. The minimum Gasteiger partial charge on any atom is -0.248 e. The number of H-pyrrole nitrogens is 1. The first-order chi connectivity index (χ1) is 7.77. The van der Waals surface area contributed by atoms with E-state index in [1.807, 2.05) is 24.9 Å². The van der Waals surface area contributed by atoms with Gasteiger partial charge in [0.2, 0.25) is 0 Å². The lowest BCUT2D eigenvalue weighted by atomic mass is 10.1. The van der Waals surface area contributed by atoms with E-state index in [2.05, 4.69) is 28.7 Å². The average Bonchev–Trinajstić information content (AvgIpc) is 2.74. The van der Waals surface area contributed by atoms with E-state index in [4.69, 9.17) is 5.26 Å². The minimum absolute atomic E-state index is 0.139. The molecule has 1 rings (SSSR count). The van der Waals surface area contributed by atoms with Crippen LogP contribution in [0, 0.1) is 17.2 Å². The normalized spacial score (nSPS) is 12.3. The van der Waals surface area contributed by atoms with Gasteiger partial charge in [0, 0.05) is 18.1 Å². The van der Waals surface area contributed by atoms with Crippen LogP contribution in [0.4, 0.5) is 0 Å². The predicted octanol–water partition coefficient (Wildman–Crippen LogP) is 2.15. The Kier molecular flexibility index (Phi) is 6.02. The van der Waals surface area contributed by atoms with Gasteiger partial charge in [-0.25, -0.2) is 9.55 Å². The molecule has 88 valence electrons. The minimum atomic E-state index is 0.139. The number of imidazole rings is 1. The van der Waals surface area contributed by atoms with Crippen LogP contribution in [-0.2, 0) is 13.0 Å². The van der Waals surface area contributed by atoms with Gasteiger partial charge in [-0.05, 0) is 12.7 Å². The van der Waals surface area contributed by atoms with Crippen molar-refractivity contribution in [1.29, 1.82) is 5.26 Å². The maximum Gasteiger partial charge on any atom is 0.255 e. The van der Waals surface area contributed by atoms with Gasteiger partial charge >= 0.3 is 0 Å². The Morgan fingerprint density at radius 2 is 2.44 bits per heavy atom. The zero-order chi connectivity index (χ0) is 11.8. The fraction of sp³-hybridized carbons (Fsp3) is 0.667. The molecule has 1 aromatic heterocycles. The third-order valence-electron chi connectivity index (χ3n) is 2.56. The standard InChI is InChI=1S/C12H19N3S/c1-3-16-9-5-12-14-6-8-15(12)7-4-11(2)10-13/h6,8,11H,3-5,7,9H2,1-2H3/p+1. The van der Waals surface area contributed by atoms with Gasteiger partial charge in [-0.1, -0.05) is 6.92 Å². The summed E-state index contributed by atoms with van der Waals surface area (Å²) in [7, 11) is 0. The maximum absolute atomic E-state index is 8.74. The Hall–Kier alpha value is -0.950. The molecule has 0 aromatic carbocycles. The first-order valence-corrected chi connectivity index (χ1v) is 6.96. The zero-order valence-electron chi connectivity index (χ0n) is 10.1. The van der Waals surface area contributed by atoms with Crippen molar-refractivity contribution in [3.05, 3.63) is 18.2 Å². The summed E-state index contributed by atoms with van der Waals surface area (Å²) in [6.45, 7) is 5.09. The Balaban J connectivity index is 2.41. The lowest BCUT2D eigenvalue weighted by Crippen LogP contribution is -2.37. The molecule has 0 fully saturated rings. The number of rotatable bonds is 7. The average molecular weight is 238 g/mol. The summed E-state index contributed by atoms with van der Waals surface area (Å²) in [6, 6.07) is 2.27. The van der Waals surface area contributed by atoms with Crippen LogP contribution in [0.1, 0.15) is 26.1 Å². The highest BCUT2D eigenvalue weighted by Crippen LogP contribution is 2.03. The SMILES string of the molecule is CCSCCc1[nH]cc[n+]1CCC(C)C#N. The third-order valence-corrected chi connectivity index (χ3v) is 3.46. The molecule has 1 heterocycles. The van der Waals surface area contributed by atoms with Gasteiger partial charge in [-0.2, -0.15) is 17.0 Å². The van der Waals surface area contributed by atoms with E-state index in [0.717, 1.165) is 25.1 Å². The molecule has 4 heteroatoms. The number of nitriles is 1. The van der Waals surface area contributed by atoms with Crippen molar-refractivity contribution in [2.24, 2.45) is 5.92 Å². The van der Waals surface area contributed by atoms with E-state index < -0.39 is 0 Å². The molecule has 0 saturated heterocycles. The first kappa shape index (κ1) is 13.1. The molecule has 0 radical (unpaired) electrons. The highest BCUT2D eigenvalue weighted by molar-refractivity contribution is 7.99. The maximum atomic E-state index is 8.74. The lowest BCUT2D eigenvalue weighted by molar-refractivity contribution is -0.703. The van der Waals surface area contributed by atoms with Gasteiger partial charge in [0.05, 0.1) is 19.0 Å². The third kappa shape index (κ3) is 4.28. The summed E-state index contributed by atoms with van der Waals surface area (Å²) in [5.41, 5.74) is 0. The Labute approximate surface area is 102 Å². The van der Waals surface area contributed by atoms with Crippen LogP contribution in [0.5, 0.6) is 0 Å². The van der Waals surface area contributed by atoms with Crippen LogP contribution >= 0.6 is 11.8 Å². The number of thioether (sulfide) groups is 1. The fourth-order valence-electron chi connectivity index (χ4n) is 1.53. The number of nitrogens with one attached hydrogen (secondary N) is 1. The molecule has 3 nitrogen and oxygen atoms in total. The molecule has 0 aliphatic rings. The molecule has 1 atom stereocenters. The summed E-state index contributed by atoms with van der Waals surface area (Å²) in [5, 5.41) is 8.74. The fourth-order valence-corrected chi connectivity index (χ4v) is 2.16. The molecule has 0 saturated carbocycles. The van der Waals surface area contributed by atoms with Gasteiger partial charge in [-0.3, -0.25) is 0 Å². The molecular weight excluding hydrogens is 218 g/mol. The van der Waals surface area contributed by atoms with Gasteiger partial charge < -0.3 is 0 Å². The molecule has 0 bridgehead atoms. The predicted molar refractivity (Wildman–Crippen MR) is 67.1 cm³/mol. The first-order valence-electron chi connectivity index (χ1n) is 5.81. The van der Waals surface area contributed by atoms with Gasteiger partial charge in [0.25, 0.3) is 5.82 Å². The number of hydrogen-bond donors (Lipinski definition) is 1. The van der Waals surface area contributed by atoms with Gasteiger partial charge in [0.1, 0.15) is 12.4 Å². The second-order valence-electron chi connectivity index (χ2n) is 3.87. The number of hydrogen-bond acceptors (Lipinski definition) is 2. The summed E-state index contributed by atoms with van der Waals surface area (Å²) in [6.07, 6.45) is 6.04. The number of aryl methyl sites for hydroxylation is 2. The van der Waals surface area contributed by atoms with Crippen LogP contribution in [0.15, 0.2) is 12.4 Å². The summed E-state index contributed by atoms with van der Waals surface area (Å²) >= 11 is 1.96.